The summed E-state index contributed by atoms with van der Waals surface area (Å²) >= 11 is 0. The van der Waals surface area contributed by atoms with Crippen LogP contribution in [0, 0.1) is 0 Å². The number of carbonyl (C=O) groups is 2. The van der Waals surface area contributed by atoms with Crippen molar-refractivity contribution < 1.29 is 49.0 Å². The fourth-order valence-corrected chi connectivity index (χ4v) is 7.37. The summed E-state index contributed by atoms with van der Waals surface area (Å²) in [6.07, 6.45) is 40.0. The summed E-state index contributed by atoms with van der Waals surface area (Å²) < 4.78 is 22.2. The Kier molecular flexibility index (Phi) is 38.2. The summed E-state index contributed by atoms with van der Waals surface area (Å²) in [4.78, 5) is 25.4. The summed E-state index contributed by atoms with van der Waals surface area (Å²) in [5.41, 5.74) is 0. The number of hydrogen-bond acceptors (Lipinski definition) is 10. The molecule has 1 saturated heterocycles. The summed E-state index contributed by atoms with van der Waals surface area (Å²) in [5, 5.41) is 40.1. The van der Waals surface area contributed by atoms with Crippen LogP contribution in [0.25, 0.3) is 0 Å². The second-order valence-corrected chi connectivity index (χ2v) is 16.9. The number of aliphatic hydroxyl groups excluding tert-OH is 4. The van der Waals surface area contributed by atoms with Crippen LogP contribution in [0.1, 0.15) is 213 Å². The van der Waals surface area contributed by atoms with Crippen molar-refractivity contribution in [1.29, 1.82) is 0 Å². The highest BCUT2D eigenvalue weighted by molar-refractivity contribution is 5.70. The molecule has 6 atom stereocenters. The Morgan fingerprint density at radius 3 is 1.43 bits per heavy atom. The van der Waals surface area contributed by atoms with Crippen molar-refractivity contribution in [2.24, 2.45) is 0 Å². The van der Waals surface area contributed by atoms with Crippen LogP contribution in [0.4, 0.5) is 0 Å². The molecule has 10 heteroatoms. The standard InChI is InChI=1S/C50H90O10/c1-3-5-7-9-11-13-15-17-19-21-23-24-26-28-30-32-34-36-38-45(52)57-41-43(42-58-50-49(56)48(55)47(54)44(40-51)60-50)59-46(53)39-37-35-33-31-29-27-25-22-20-18-16-14-12-10-8-6-4-2/h12,14,18,20,25,27,43-44,47-51,54-56H,3-11,13,15-17,19,21-24,26,28-42H2,1-2H3/b14-12+,20-18+,27-25+/t43-,44-,47+,48?,49?,50-/m0/s1. The van der Waals surface area contributed by atoms with Gasteiger partial charge in [0.25, 0.3) is 0 Å². The average Bonchev–Trinajstić information content (AvgIpc) is 3.25. The summed E-state index contributed by atoms with van der Waals surface area (Å²) in [5.74, 6) is -0.824. The van der Waals surface area contributed by atoms with Gasteiger partial charge in [0.2, 0.25) is 0 Å². The van der Waals surface area contributed by atoms with E-state index < -0.39 is 49.4 Å². The summed E-state index contributed by atoms with van der Waals surface area (Å²) in [7, 11) is 0. The lowest BCUT2D eigenvalue weighted by Gasteiger charge is -2.39. The van der Waals surface area contributed by atoms with E-state index in [1.807, 2.05) is 0 Å². The average molecular weight is 851 g/mol. The zero-order valence-corrected chi connectivity index (χ0v) is 38.2. The van der Waals surface area contributed by atoms with E-state index >= 15 is 0 Å². The van der Waals surface area contributed by atoms with Crippen LogP contribution in [0.3, 0.4) is 0 Å². The molecule has 0 aliphatic carbocycles. The first-order valence-electron chi connectivity index (χ1n) is 24.6. The Bertz CT molecular complexity index is 1080. The second kappa shape index (κ2) is 41.0. The molecule has 1 rings (SSSR count). The highest BCUT2D eigenvalue weighted by Crippen LogP contribution is 2.23. The lowest BCUT2D eigenvalue weighted by molar-refractivity contribution is -0.305. The van der Waals surface area contributed by atoms with Crippen molar-refractivity contribution in [1.82, 2.24) is 0 Å². The first-order valence-corrected chi connectivity index (χ1v) is 24.6. The molecule has 0 aromatic carbocycles. The minimum atomic E-state index is -1.60. The predicted octanol–water partition coefficient (Wildman–Crippen LogP) is 11.1. The largest absolute Gasteiger partial charge is 0.462 e. The van der Waals surface area contributed by atoms with Crippen LogP contribution in [0.15, 0.2) is 36.5 Å². The number of esters is 2. The van der Waals surface area contributed by atoms with Crippen molar-refractivity contribution >= 4 is 11.9 Å². The van der Waals surface area contributed by atoms with Gasteiger partial charge in [-0.25, -0.2) is 0 Å². The maximum Gasteiger partial charge on any atom is 0.306 e. The number of allylic oxidation sites excluding steroid dienone is 6. The monoisotopic (exact) mass is 851 g/mol. The zero-order chi connectivity index (χ0) is 43.7. The zero-order valence-electron chi connectivity index (χ0n) is 38.2. The van der Waals surface area contributed by atoms with Crippen LogP contribution in [-0.2, 0) is 28.5 Å². The smallest absolute Gasteiger partial charge is 0.306 e. The molecule has 0 bridgehead atoms. The Balaban J connectivity index is 2.30. The van der Waals surface area contributed by atoms with Gasteiger partial charge in [0, 0.05) is 12.8 Å². The molecule has 1 aliphatic rings. The first-order chi connectivity index (χ1) is 29.3. The Labute approximate surface area is 366 Å². The Morgan fingerprint density at radius 1 is 0.517 bits per heavy atom. The number of aliphatic hydroxyl groups is 4. The molecular weight excluding hydrogens is 761 g/mol. The van der Waals surface area contributed by atoms with Gasteiger partial charge in [0.15, 0.2) is 12.4 Å². The molecule has 1 fully saturated rings. The second-order valence-electron chi connectivity index (χ2n) is 16.9. The van der Waals surface area contributed by atoms with Crippen molar-refractivity contribution in [3.63, 3.8) is 0 Å². The fraction of sp³-hybridized carbons (Fsp3) is 0.840. The summed E-state index contributed by atoms with van der Waals surface area (Å²) in [6.45, 7) is 3.40. The molecular formula is C50H90O10. The van der Waals surface area contributed by atoms with Crippen LogP contribution in [0.2, 0.25) is 0 Å². The van der Waals surface area contributed by atoms with E-state index in [1.54, 1.807) is 0 Å². The van der Waals surface area contributed by atoms with Crippen LogP contribution < -0.4 is 0 Å². The number of carbonyl (C=O) groups excluding carboxylic acids is 2. The van der Waals surface area contributed by atoms with E-state index in [2.05, 4.69) is 50.3 Å². The van der Waals surface area contributed by atoms with E-state index in [0.717, 1.165) is 57.8 Å². The van der Waals surface area contributed by atoms with Crippen LogP contribution >= 0.6 is 0 Å². The molecule has 350 valence electrons. The SMILES string of the molecule is CCCCC/C=C/C/C=C/C/C=C/CCCCCCC(=O)O[C@@H](COC(=O)CCCCCCCCCCCCCCCCCCCC)CO[C@H]1O[C@@H](CO)[C@@H](O)C(O)C1O. The van der Waals surface area contributed by atoms with E-state index in [4.69, 9.17) is 18.9 Å². The van der Waals surface area contributed by atoms with Gasteiger partial charge in [-0.15, -0.1) is 0 Å². The first kappa shape index (κ1) is 55.9. The maximum atomic E-state index is 12.8. The lowest BCUT2D eigenvalue weighted by Crippen LogP contribution is -2.59. The van der Waals surface area contributed by atoms with Crippen LogP contribution in [-0.4, -0.2) is 89.0 Å². The molecule has 1 aliphatic heterocycles. The number of ether oxygens (including phenoxy) is 4. The molecule has 2 unspecified atom stereocenters. The van der Waals surface area contributed by atoms with Crippen LogP contribution in [0.5, 0.6) is 0 Å². The Hall–Kier alpha value is -2.08. The highest BCUT2D eigenvalue weighted by atomic mass is 16.7. The van der Waals surface area contributed by atoms with Gasteiger partial charge in [-0.05, 0) is 51.4 Å². The van der Waals surface area contributed by atoms with E-state index in [1.165, 1.54) is 122 Å². The number of rotatable bonds is 41. The molecule has 0 aromatic heterocycles. The third-order valence-electron chi connectivity index (χ3n) is 11.3. The molecule has 0 spiro atoms. The minimum absolute atomic E-state index is 0.206. The topological polar surface area (TPSA) is 152 Å². The molecule has 1 heterocycles. The molecule has 4 N–H and O–H groups in total. The van der Waals surface area contributed by atoms with Crippen molar-refractivity contribution in [2.45, 2.75) is 250 Å². The highest BCUT2D eigenvalue weighted by Gasteiger charge is 2.44. The third kappa shape index (κ3) is 31.7. The molecule has 60 heavy (non-hydrogen) atoms. The Morgan fingerprint density at radius 2 is 0.933 bits per heavy atom. The van der Waals surface area contributed by atoms with Crippen molar-refractivity contribution in [3.05, 3.63) is 36.5 Å². The molecule has 0 radical (unpaired) electrons. The molecule has 0 aromatic rings. The summed E-state index contributed by atoms with van der Waals surface area (Å²) in [6, 6.07) is 0. The molecule has 0 amide bonds. The lowest BCUT2D eigenvalue weighted by atomic mass is 9.99. The maximum absolute atomic E-state index is 12.8. The van der Waals surface area contributed by atoms with E-state index in [0.29, 0.717) is 6.42 Å². The quantitative estimate of drug-likeness (QED) is 0.0266. The van der Waals surface area contributed by atoms with Gasteiger partial charge in [-0.2, -0.15) is 0 Å². The van der Waals surface area contributed by atoms with Gasteiger partial charge in [0.1, 0.15) is 31.0 Å². The van der Waals surface area contributed by atoms with Gasteiger partial charge in [-0.3, -0.25) is 9.59 Å². The fourth-order valence-electron chi connectivity index (χ4n) is 7.37. The van der Waals surface area contributed by atoms with Crippen molar-refractivity contribution in [3.8, 4) is 0 Å². The van der Waals surface area contributed by atoms with Gasteiger partial charge in [-0.1, -0.05) is 185 Å². The minimum Gasteiger partial charge on any atom is -0.462 e. The van der Waals surface area contributed by atoms with E-state index in [-0.39, 0.29) is 32.0 Å². The number of unbranched alkanes of at least 4 members (excludes halogenated alkanes) is 24. The normalized spacial score (nSPS) is 20.1. The molecule has 10 nitrogen and oxygen atoms in total. The van der Waals surface area contributed by atoms with Gasteiger partial charge < -0.3 is 39.4 Å². The van der Waals surface area contributed by atoms with Crippen molar-refractivity contribution in [2.75, 3.05) is 19.8 Å². The van der Waals surface area contributed by atoms with E-state index in [9.17, 15) is 30.0 Å². The van der Waals surface area contributed by atoms with Gasteiger partial charge in [0.05, 0.1) is 13.2 Å². The van der Waals surface area contributed by atoms with Gasteiger partial charge >= 0.3 is 11.9 Å². The number of hydrogen-bond donors (Lipinski definition) is 4. The third-order valence-corrected chi connectivity index (χ3v) is 11.3. The predicted molar refractivity (Wildman–Crippen MR) is 242 cm³/mol. The molecule has 0 saturated carbocycles.